The number of hydrogen-bond acceptors (Lipinski definition) is 4. The molecule has 3 rings (SSSR count). The van der Waals surface area contributed by atoms with E-state index < -0.39 is 0 Å². The van der Waals surface area contributed by atoms with E-state index in [9.17, 15) is 10.2 Å². The fraction of sp³-hybridized carbons (Fsp3) is 0.400. The number of phenolic OH excluding ortho intramolecular Hbond substituents is 1. The molecule has 1 saturated heterocycles. The van der Waals surface area contributed by atoms with Crippen LogP contribution in [0.5, 0.6) is 5.75 Å². The molecule has 0 aliphatic carbocycles. The van der Waals surface area contributed by atoms with Crippen molar-refractivity contribution in [2.24, 2.45) is 0 Å². The molecule has 0 unspecified atom stereocenters. The Bertz CT molecular complexity index is 681. The molecule has 2 N–H and O–H groups in total. The summed E-state index contributed by atoms with van der Waals surface area (Å²) in [5, 5.41) is 19.4. The third-order valence-corrected chi connectivity index (χ3v) is 5.10. The highest BCUT2D eigenvalue weighted by molar-refractivity contribution is 6.32. The van der Waals surface area contributed by atoms with Crippen LogP contribution < -0.4 is 0 Å². The number of aliphatic hydroxyl groups excluding tert-OH is 1. The van der Waals surface area contributed by atoms with Crippen molar-refractivity contribution in [2.45, 2.75) is 25.6 Å². The number of aliphatic hydroxyl groups is 1. The van der Waals surface area contributed by atoms with Crippen LogP contribution in [0.3, 0.4) is 0 Å². The second kappa shape index (κ2) is 8.68. The van der Waals surface area contributed by atoms with Crippen molar-refractivity contribution in [3.63, 3.8) is 0 Å². The minimum atomic E-state index is 0.122. The maximum atomic E-state index is 9.56. The molecule has 1 fully saturated rings. The number of nitrogens with zero attached hydrogens (tertiary/aromatic N) is 2. The van der Waals surface area contributed by atoms with Crippen LogP contribution in [0.25, 0.3) is 0 Å². The van der Waals surface area contributed by atoms with Crippen molar-refractivity contribution in [1.82, 2.24) is 9.80 Å². The highest BCUT2D eigenvalue weighted by Crippen LogP contribution is 2.25. The summed E-state index contributed by atoms with van der Waals surface area (Å²) in [5.41, 5.74) is 2.41. The molecule has 0 saturated carbocycles. The van der Waals surface area contributed by atoms with E-state index in [0.717, 1.165) is 44.7 Å². The first-order valence-corrected chi connectivity index (χ1v) is 9.12. The maximum Gasteiger partial charge on any atom is 0.134 e. The van der Waals surface area contributed by atoms with Gasteiger partial charge in [0.05, 0.1) is 5.02 Å². The fourth-order valence-electron chi connectivity index (χ4n) is 3.46. The molecule has 5 heteroatoms. The fourth-order valence-corrected chi connectivity index (χ4v) is 3.66. The molecule has 1 aliphatic rings. The number of rotatable bonds is 6. The summed E-state index contributed by atoms with van der Waals surface area (Å²) < 4.78 is 0. The monoisotopic (exact) mass is 360 g/mol. The van der Waals surface area contributed by atoms with Crippen LogP contribution in [-0.2, 0) is 13.1 Å². The predicted molar refractivity (Wildman–Crippen MR) is 101 cm³/mol. The molecule has 134 valence electrons. The summed E-state index contributed by atoms with van der Waals surface area (Å²) in [6.07, 6.45) is 0.777. The van der Waals surface area contributed by atoms with Crippen LogP contribution in [0.15, 0.2) is 48.5 Å². The molecule has 0 amide bonds. The molecule has 2 aromatic carbocycles. The molecule has 0 bridgehead atoms. The largest absolute Gasteiger partial charge is 0.506 e. The average Bonchev–Trinajstić information content (AvgIpc) is 2.62. The third-order valence-electron chi connectivity index (χ3n) is 4.80. The molecule has 2 aromatic rings. The van der Waals surface area contributed by atoms with E-state index in [1.807, 2.05) is 18.2 Å². The second-order valence-corrected chi connectivity index (χ2v) is 7.05. The lowest BCUT2D eigenvalue weighted by molar-refractivity contribution is 0.0500. The first-order chi connectivity index (χ1) is 12.2. The van der Waals surface area contributed by atoms with E-state index in [1.54, 1.807) is 6.07 Å². The zero-order valence-electron chi connectivity index (χ0n) is 14.3. The molecular weight excluding hydrogens is 336 g/mol. The third kappa shape index (κ3) is 4.95. The van der Waals surface area contributed by atoms with Gasteiger partial charge in [-0.25, -0.2) is 0 Å². The number of piperazine rings is 1. The number of hydrogen-bond donors (Lipinski definition) is 2. The van der Waals surface area contributed by atoms with Gasteiger partial charge >= 0.3 is 0 Å². The summed E-state index contributed by atoms with van der Waals surface area (Å²) in [6.45, 7) is 4.81. The summed E-state index contributed by atoms with van der Waals surface area (Å²) in [4.78, 5) is 4.86. The van der Waals surface area contributed by atoms with Gasteiger partial charge in [-0.2, -0.15) is 0 Å². The number of phenols is 1. The minimum absolute atomic E-state index is 0.122. The molecule has 1 atom stereocenters. The summed E-state index contributed by atoms with van der Waals surface area (Å²) >= 11 is 6.01. The molecule has 0 spiro atoms. The Morgan fingerprint density at radius 3 is 2.52 bits per heavy atom. The summed E-state index contributed by atoms with van der Waals surface area (Å²) in [5.74, 6) is 0.122. The molecule has 1 aliphatic heterocycles. The maximum absolute atomic E-state index is 9.56. The first-order valence-electron chi connectivity index (χ1n) is 8.74. The Kier molecular flexibility index (Phi) is 6.32. The topological polar surface area (TPSA) is 46.9 Å². The standard InChI is InChI=1S/C20H25ClN2O2/c21-19-12-17(6-7-20(19)25)13-22-9-10-23(18(15-22)8-11-24)14-16-4-2-1-3-5-16/h1-7,12,18,24-25H,8-11,13-15H2/t18-/m0/s1. The Morgan fingerprint density at radius 2 is 1.80 bits per heavy atom. The molecular formula is C20H25ClN2O2. The van der Waals surface area contributed by atoms with Crippen molar-refractivity contribution >= 4 is 11.6 Å². The van der Waals surface area contributed by atoms with Gasteiger partial charge in [0.1, 0.15) is 5.75 Å². The van der Waals surface area contributed by atoms with E-state index in [0.29, 0.717) is 11.1 Å². The van der Waals surface area contributed by atoms with Crippen LogP contribution >= 0.6 is 11.6 Å². The van der Waals surface area contributed by atoms with E-state index in [1.165, 1.54) is 5.56 Å². The smallest absolute Gasteiger partial charge is 0.134 e. The minimum Gasteiger partial charge on any atom is -0.506 e. The predicted octanol–water partition coefficient (Wildman–Crippen LogP) is 3.11. The number of halogens is 1. The van der Waals surface area contributed by atoms with Crippen LogP contribution in [0.2, 0.25) is 5.02 Å². The lowest BCUT2D eigenvalue weighted by atomic mass is 10.1. The highest BCUT2D eigenvalue weighted by atomic mass is 35.5. The Morgan fingerprint density at radius 1 is 1.00 bits per heavy atom. The van der Waals surface area contributed by atoms with Crippen molar-refractivity contribution < 1.29 is 10.2 Å². The van der Waals surface area contributed by atoms with Gasteiger partial charge in [0.2, 0.25) is 0 Å². The molecule has 1 heterocycles. The lowest BCUT2D eigenvalue weighted by Gasteiger charge is -2.41. The van der Waals surface area contributed by atoms with Gasteiger partial charge in [0.25, 0.3) is 0 Å². The number of benzene rings is 2. The van der Waals surface area contributed by atoms with Gasteiger partial charge in [-0.1, -0.05) is 48.0 Å². The Balaban J connectivity index is 1.63. The molecule has 0 radical (unpaired) electrons. The van der Waals surface area contributed by atoms with Crippen molar-refractivity contribution in [1.29, 1.82) is 0 Å². The summed E-state index contributed by atoms with van der Waals surface area (Å²) in [7, 11) is 0. The molecule has 0 aromatic heterocycles. The average molecular weight is 361 g/mol. The second-order valence-electron chi connectivity index (χ2n) is 6.64. The highest BCUT2D eigenvalue weighted by Gasteiger charge is 2.26. The van der Waals surface area contributed by atoms with E-state index >= 15 is 0 Å². The molecule has 4 nitrogen and oxygen atoms in total. The number of aromatic hydroxyl groups is 1. The van der Waals surface area contributed by atoms with Crippen LogP contribution in [0, 0.1) is 0 Å². The van der Waals surface area contributed by atoms with Gasteiger partial charge < -0.3 is 10.2 Å². The first kappa shape index (κ1) is 18.2. The van der Waals surface area contributed by atoms with Crippen LogP contribution in [0.4, 0.5) is 0 Å². The van der Waals surface area contributed by atoms with Gasteiger partial charge in [-0.3, -0.25) is 9.80 Å². The van der Waals surface area contributed by atoms with Gasteiger partial charge in [0.15, 0.2) is 0 Å². The van der Waals surface area contributed by atoms with Crippen molar-refractivity contribution in [2.75, 3.05) is 26.2 Å². The Labute approximate surface area is 154 Å². The quantitative estimate of drug-likeness (QED) is 0.831. The zero-order valence-corrected chi connectivity index (χ0v) is 15.1. The van der Waals surface area contributed by atoms with Crippen LogP contribution in [-0.4, -0.2) is 52.3 Å². The van der Waals surface area contributed by atoms with Crippen molar-refractivity contribution in [3.8, 4) is 5.75 Å². The SMILES string of the molecule is OCC[C@H]1CN(Cc2ccc(O)c(Cl)c2)CCN1Cc1ccccc1. The van der Waals surface area contributed by atoms with E-state index in [2.05, 4.69) is 34.1 Å². The Hall–Kier alpha value is -1.59. The lowest BCUT2D eigenvalue weighted by Crippen LogP contribution is -2.52. The molecule has 25 heavy (non-hydrogen) atoms. The van der Waals surface area contributed by atoms with Gasteiger partial charge in [-0.15, -0.1) is 0 Å². The van der Waals surface area contributed by atoms with E-state index in [4.69, 9.17) is 11.6 Å². The summed E-state index contributed by atoms with van der Waals surface area (Å²) in [6, 6.07) is 16.2. The van der Waals surface area contributed by atoms with Gasteiger partial charge in [0, 0.05) is 45.4 Å². The normalized spacial score (nSPS) is 19.2. The van der Waals surface area contributed by atoms with Crippen molar-refractivity contribution in [3.05, 3.63) is 64.7 Å². The van der Waals surface area contributed by atoms with E-state index in [-0.39, 0.29) is 12.4 Å². The van der Waals surface area contributed by atoms with Crippen LogP contribution in [0.1, 0.15) is 17.5 Å². The zero-order chi connectivity index (χ0) is 17.6. The van der Waals surface area contributed by atoms with Gasteiger partial charge in [-0.05, 0) is 29.7 Å².